The second kappa shape index (κ2) is 6.90. The predicted octanol–water partition coefficient (Wildman–Crippen LogP) is 4.32. The van der Waals surface area contributed by atoms with Crippen LogP contribution in [-0.2, 0) is 0 Å². The van der Waals surface area contributed by atoms with E-state index in [0.717, 1.165) is 5.92 Å². The molecule has 2 aliphatic rings. The highest BCUT2D eigenvalue weighted by molar-refractivity contribution is 5.18. The van der Waals surface area contributed by atoms with E-state index in [4.69, 9.17) is 5.84 Å². The standard InChI is InChI=1S/C17H32N2/c1-14(2)13-17(11-7-8-12-17)16(19-18)15-9-5-3-4-6-10-15/h9,14,16,19H,3-8,10-13,18H2,1-2H3. The van der Waals surface area contributed by atoms with Crippen LogP contribution < -0.4 is 11.3 Å². The summed E-state index contributed by atoms with van der Waals surface area (Å²) in [5, 5.41) is 0. The molecule has 1 saturated carbocycles. The summed E-state index contributed by atoms with van der Waals surface area (Å²) in [6, 6.07) is 0.426. The minimum atomic E-state index is 0.426. The van der Waals surface area contributed by atoms with E-state index in [2.05, 4.69) is 25.3 Å². The van der Waals surface area contributed by atoms with Gasteiger partial charge in [0.05, 0.1) is 0 Å². The first-order valence-corrected chi connectivity index (χ1v) is 8.33. The third kappa shape index (κ3) is 3.61. The van der Waals surface area contributed by atoms with E-state index in [1.165, 1.54) is 64.2 Å². The molecule has 0 aromatic carbocycles. The molecule has 0 spiro atoms. The second-order valence-corrected chi connectivity index (χ2v) is 7.15. The molecule has 0 heterocycles. The van der Waals surface area contributed by atoms with E-state index < -0.39 is 0 Å². The van der Waals surface area contributed by atoms with Gasteiger partial charge in [0.1, 0.15) is 0 Å². The summed E-state index contributed by atoms with van der Waals surface area (Å²) in [5.74, 6) is 6.77. The first-order valence-electron chi connectivity index (χ1n) is 8.33. The van der Waals surface area contributed by atoms with Gasteiger partial charge in [-0.05, 0) is 56.3 Å². The van der Waals surface area contributed by atoms with Crippen LogP contribution in [0.15, 0.2) is 11.6 Å². The summed E-state index contributed by atoms with van der Waals surface area (Å²) in [7, 11) is 0. The van der Waals surface area contributed by atoms with Crippen molar-refractivity contribution >= 4 is 0 Å². The third-order valence-electron chi connectivity index (χ3n) is 5.14. The Kier molecular flexibility index (Phi) is 5.47. The fourth-order valence-electron chi connectivity index (χ4n) is 4.48. The van der Waals surface area contributed by atoms with Gasteiger partial charge in [-0.2, -0.15) is 0 Å². The second-order valence-electron chi connectivity index (χ2n) is 7.15. The van der Waals surface area contributed by atoms with E-state index >= 15 is 0 Å². The molecule has 0 aromatic heterocycles. The summed E-state index contributed by atoms with van der Waals surface area (Å²) < 4.78 is 0. The van der Waals surface area contributed by atoms with Gasteiger partial charge >= 0.3 is 0 Å². The lowest BCUT2D eigenvalue weighted by molar-refractivity contribution is 0.174. The van der Waals surface area contributed by atoms with Crippen molar-refractivity contribution in [1.82, 2.24) is 5.43 Å². The van der Waals surface area contributed by atoms with Crippen LogP contribution >= 0.6 is 0 Å². The van der Waals surface area contributed by atoms with Gasteiger partial charge in [0.25, 0.3) is 0 Å². The largest absolute Gasteiger partial charge is 0.271 e. The summed E-state index contributed by atoms with van der Waals surface area (Å²) in [4.78, 5) is 0. The molecule has 3 N–H and O–H groups in total. The summed E-state index contributed by atoms with van der Waals surface area (Å²) in [6.45, 7) is 4.71. The predicted molar refractivity (Wildman–Crippen MR) is 82.6 cm³/mol. The minimum Gasteiger partial charge on any atom is -0.271 e. The van der Waals surface area contributed by atoms with Crippen LogP contribution in [0.2, 0.25) is 0 Å². The highest BCUT2D eigenvalue weighted by Gasteiger charge is 2.42. The van der Waals surface area contributed by atoms with Gasteiger partial charge in [0, 0.05) is 6.04 Å². The molecule has 0 bridgehead atoms. The zero-order valence-electron chi connectivity index (χ0n) is 12.9. The maximum atomic E-state index is 6.00. The van der Waals surface area contributed by atoms with Crippen molar-refractivity contribution in [3.63, 3.8) is 0 Å². The SMILES string of the molecule is CC(C)CC1(C(NN)C2=CCCCCC2)CCCC1. The van der Waals surface area contributed by atoms with Crippen molar-refractivity contribution in [2.24, 2.45) is 17.2 Å². The normalized spacial score (nSPS) is 25.2. The fraction of sp³-hybridized carbons (Fsp3) is 0.882. The maximum Gasteiger partial charge on any atom is 0.0476 e. The Balaban J connectivity index is 2.18. The number of rotatable bonds is 5. The van der Waals surface area contributed by atoms with Crippen LogP contribution in [0.4, 0.5) is 0 Å². The Hall–Kier alpha value is -0.340. The average Bonchev–Trinajstić information content (AvgIpc) is 2.66. The molecule has 1 unspecified atom stereocenters. The molecule has 0 amide bonds. The van der Waals surface area contributed by atoms with Crippen molar-refractivity contribution in [3.05, 3.63) is 11.6 Å². The van der Waals surface area contributed by atoms with Gasteiger partial charge in [0.2, 0.25) is 0 Å². The molecule has 0 radical (unpaired) electrons. The monoisotopic (exact) mass is 264 g/mol. The zero-order chi connectivity index (χ0) is 13.7. The third-order valence-corrected chi connectivity index (χ3v) is 5.14. The van der Waals surface area contributed by atoms with Crippen LogP contribution in [0.3, 0.4) is 0 Å². The Morgan fingerprint density at radius 3 is 2.53 bits per heavy atom. The lowest BCUT2D eigenvalue weighted by Gasteiger charge is -2.40. The molecular weight excluding hydrogens is 232 g/mol. The van der Waals surface area contributed by atoms with Crippen LogP contribution in [0.1, 0.15) is 78.1 Å². The quantitative estimate of drug-likeness (QED) is 0.441. The van der Waals surface area contributed by atoms with Gasteiger partial charge in [-0.25, -0.2) is 0 Å². The van der Waals surface area contributed by atoms with Crippen LogP contribution in [0, 0.1) is 11.3 Å². The highest BCUT2D eigenvalue weighted by atomic mass is 15.2. The first-order chi connectivity index (χ1) is 9.18. The van der Waals surface area contributed by atoms with Crippen molar-refractivity contribution in [2.45, 2.75) is 84.1 Å². The summed E-state index contributed by atoms with van der Waals surface area (Å²) >= 11 is 0. The Bertz CT molecular complexity index is 300. The molecular formula is C17H32N2. The Labute approximate surface area is 119 Å². The fourth-order valence-corrected chi connectivity index (χ4v) is 4.48. The number of hydrogen-bond acceptors (Lipinski definition) is 2. The molecule has 1 atom stereocenters. The number of hydrogen-bond donors (Lipinski definition) is 2. The molecule has 0 aromatic rings. The number of nitrogens with two attached hydrogens (primary N) is 1. The number of allylic oxidation sites excluding steroid dienone is 1. The van der Waals surface area contributed by atoms with Gasteiger partial charge in [-0.15, -0.1) is 0 Å². The van der Waals surface area contributed by atoms with E-state index in [0.29, 0.717) is 11.5 Å². The number of nitrogens with one attached hydrogen (secondary N) is 1. The van der Waals surface area contributed by atoms with Gasteiger partial charge in [0.15, 0.2) is 0 Å². The molecule has 2 aliphatic carbocycles. The van der Waals surface area contributed by atoms with Crippen LogP contribution in [0.25, 0.3) is 0 Å². The first kappa shape index (κ1) is 15.1. The molecule has 0 saturated heterocycles. The maximum absolute atomic E-state index is 6.00. The topological polar surface area (TPSA) is 38.0 Å². The summed E-state index contributed by atoms with van der Waals surface area (Å²) in [5.41, 5.74) is 5.26. The lowest BCUT2D eigenvalue weighted by atomic mass is 9.69. The average molecular weight is 264 g/mol. The van der Waals surface area contributed by atoms with E-state index in [1.54, 1.807) is 5.57 Å². The van der Waals surface area contributed by atoms with Crippen LogP contribution in [-0.4, -0.2) is 6.04 Å². The van der Waals surface area contributed by atoms with Crippen molar-refractivity contribution in [3.8, 4) is 0 Å². The van der Waals surface area contributed by atoms with E-state index in [-0.39, 0.29) is 0 Å². The smallest absolute Gasteiger partial charge is 0.0476 e. The van der Waals surface area contributed by atoms with E-state index in [9.17, 15) is 0 Å². The van der Waals surface area contributed by atoms with Crippen LogP contribution in [0.5, 0.6) is 0 Å². The van der Waals surface area contributed by atoms with Gasteiger partial charge in [-0.1, -0.05) is 44.8 Å². The van der Waals surface area contributed by atoms with Crippen molar-refractivity contribution in [2.75, 3.05) is 0 Å². The molecule has 110 valence electrons. The highest BCUT2D eigenvalue weighted by Crippen LogP contribution is 2.48. The van der Waals surface area contributed by atoms with Gasteiger partial charge < -0.3 is 0 Å². The molecule has 2 heteroatoms. The van der Waals surface area contributed by atoms with E-state index in [1.807, 2.05) is 0 Å². The molecule has 1 fully saturated rings. The van der Waals surface area contributed by atoms with Gasteiger partial charge in [-0.3, -0.25) is 11.3 Å². The molecule has 2 nitrogen and oxygen atoms in total. The minimum absolute atomic E-state index is 0.426. The molecule has 2 rings (SSSR count). The Morgan fingerprint density at radius 1 is 1.16 bits per heavy atom. The lowest BCUT2D eigenvalue weighted by Crippen LogP contribution is -2.49. The molecule has 0 aliphatic heterocycles. The Morgan fingerprint density at radius 2 is 1.89 bits per heavy atom. The summed E-state index contributed by atoms with van der Waals surface area (Å²) in [6.07, 6.45) is 15.9. The van der Waals surface area contributed by atoms with Crippen molar-refractivity contribution in [1.29, 1.82) is 0 Å². The zero-order valence-corrected chi connectivity index (χ0v) is 12.9. The molecule has 19 heavy (non-hydrogen) atoms. The number of hydrazine groups is 1. The van der Waals surface area contributed by atoms with Crippen molar-refractivity contribution < 1.29 is 0 Å².